The molecule has 1 aromatic heterocycles. The van der Waals surface area contributed by atoms with Gasteiger partial charge >= 0.3 is 0 Å². The third kappa shape index (κ3) is 4.30. The maximum atomic E-state index is 5.64. The molecule has 0 amide bonds. The van der Waals surface area contributed by atoms with Crippen molar-refractivity contribution in [1.82, 2.24) is 10.3 Å². The summed E-state index contributed by atoms with van der Waals surface area (Å²) in [6.45, 7) is 3.04. The maximum absolute atomic E-state index is 5.64. The monoisotopic (exact) mass is 311 g/mol. The fourth-order valence-electron chi connectivity index (χ4n) is 3.18. The average molecular weight is 311 g/mol. The number of benzene rings is 1. The Kier molecular flexibility index (Phi) is 5.61. The van der Waals surface area contributed by atoms with E-state index < -0.39 is 0 Å². The number of rotatable bonds is 6. The van der Waals surface area contributed by atoms with Gasteiger partial charge in [-0.2, -0.15) is 0 Å². The van der Waals surface area contributed by atoms with Crippen molar-refractivity contribution in [3.05, 3.63) is 60.4 Å². The predicted octanol–water partition coefficient (Wildman–Crippen LogP) is 3.03. The van der Waals surface area contributed by atoms with Crippen molar-refractivity contribution in [1.29, 1.82) is 0 Å². The summed E-state index contributed by atoms with van der Waals surface area (Å²) in [5, 5.41) is 3.68. The van der Waals surface area contributed by atoms with Crippen LogP contribution < -0.4 is 10.2 Å². The molecule has 1 aliphatic rings. The van der Waals surface area contributed by atoms with Crippen LogP contribution in [0.25, 0.3) is 0 Å². The third-order valence-electron chi connectivity index (χ3n) is 4.57. The SMILES string of the molecule is CO[C@H](CNC1CCN(c2ccncc2)CC1)c1ccccc1. The second-order valence-corrected chi connectivity index (χ2v) is 6.01. The second kappa shape index (κ2) is 8.09. The molecular formula is C19H25N3O. The lowest BCUT2D eigenvalue weighted by molar-refractivity contribution is 0.0983. The van der Waals surface area contributed by atoms with Gasteiger partial charge in [0.05, 0.1) is 6.10 Å². The van der Waals surface area contributed by atoms with E-state index in [2.05, 4.69) is 51.6 Å². The number of aromatic nitrogens is 1. The molecule has 0 bridgehead atoms. The van der Waals surface area contributed by atoms with Gasteiger partial charge in [-0.1, -0.05) is 30.3 Å². The average Bonchev–Trinajstić information content (AvgIpc) is 2.64. The minimum atomic E-state index is 0.120. The van der Waals surface area contributed by atoms with Gasteiger partial charge in [0, 0.05) is 50.9 Å². The predicted molar refractivity (Wildman–Crippen MR) is 93.7 cm³/mol. The first kappa shape index (κ1) is 16.0. The molecule has 4 heteroatoms. The molecule has 3 rings (SSSR count). The third-order valence-corrected chi connectivity index (χ3v) is 4.57. The van der Waals surface area contributed by atoms with Crippen LogP contribution in [0.4, 0.5) is 5.69 Å². The van der Waals surface area contributed by atoms with Crippen LogP contribution in [0, 0.1) is 0 Å². The molecule has 0 spiro atoms. The summed E-state index contributed by atoms with van der Waals surface area (Å²) < 4.78 is 5.64. The Bertz CT molecular complexity index is 568. The van der Waals surface area contributed by atoms with E-state index in [1.54, 1.807) is 7.11 Å². The molecule has 0 unspecified atom stereocenters. The van der Waals surface area contributed by atoms with E-state index in [1.807, 2.05) is 18.5 Å². The van der Waals surface area contributed by atoms with Gasteiger partial charge in [0.25, 0.3) is 0 Å². The number of nitrogens with one attached hydrogen (secondary N) is 1. The molecule has 4 nitrogen and oxygen atoms in total. The number of anilines is 1. The summed E-state index contributed by atoms with van der Waals surface area (Å²) in [5.41, 5.74) is 2.51. The topological polar surface area (TPSA) is 37.4 Å². The Morgan fingerprint density at radius 3 is 2.48 bits per heavy atom. The van der Waals surface area contributed by atoms with Crippen LogP contribution in [0.15, 0.2) is 54.9 Å². The molecule has 1 aliphatic heterocycles. The first-order chi connectivity index (χ1) is 11.4. The summed E-state index contributed by atoms with van der Waals surface area (Å²) in [7, 11) is 1.78. The summed E-state index contributed by atoms with van der Waals surface area (Å²) in [4.78, 5) is 6.52. The Morgan fingerprint density at radius 1 is 1.13 bits per heavy atom. The van der Waals surface area contributed by atoms with E-state index in [4.69, 9.17) is 4.74 Å². The number of pyridine rings is 1. The highest BCUT2D eigenvalue weighted by molar-refractivity contribution is 5.44. The van der Waals surface area contributed by atoms with Gasteiger partial charge in [0.2, 0.25) is 0 Å². The van der Waals surface area contributed by atoms with Gasteiger partial charge in [-0.3, -0.25) is 4.98 Å². The first-order valence-electron chi connectivity index (χ1n) is 8.33. The van der Waals surface area contributed by atoms with Crippen molar-refractivity contribution in [2.75, 3.05) is 31.6 Å². The van der Waals surface area contributed by atoms with Crippen LogP contribution in [0.5, 0.6) is 0 Å². The van der Waals surface area contributed by atoms with Crippen molar-refractivity contribution in [3.8, 4) is 0 Å². The highest BCUT2D eigenvalue weighted by Crippen LogP contribution is 2.20. The Hall–Kier alpha value is -1.91. The lowest BCUT2D eigenvalue weighted by Gasteiger charge is -2.34. The number of methoxy groups -OCH3 is 1. The minimum absolute atomic E-state index is 0.120. The summed E-state index contributed by atoms with van der Waals surface area (Å²) in [5.74, 6) is 0. The molecule has 1 saturated heterocycles. The zero-order valence-electron chi connectivity index (χ0n) is 13.7. The Balaban J connectivity index is 1.47. The van der Waals surface area contributed by atoms with Crippen molar-refractivity contribution in [2.24, 2.45) is 0 Å². The quantitative estimate of drug-likeness (QED) is 0.890. The molecule has 122 valence electrons. The molecule has 2 aromatic rings. The first-order valence-corrected chi connectivity index (χ1v) is 8.33. The zero-order chi connectivity index (χ0) is 15.9. The van der Waals surface area contributed by atoms with E-state index in [1.165, 1.54) is 11.3 Å². The minimum Gasteiger partial charge on any atom is -0.375 e. The van der Waals surface area contributed by atoms with Crippen LogP contribution in [-0.4, -0.2) is 37.8 Å². The molecule has 23 heavy (non-hydrogen) atoms. The number of nitrogens with zero attached hydrogens (tertiary/aromatic N) is 2. The number of ether oxygens (including phenoxy) is 1. The zero-order valence-corrected chi connectivity index (χ0v) is 13.7. The highest BCUT2D eigenvalue weighted by atomic mass is 16.5. The molecule has 0 aliphatic carbocycles. The molecular weight excluding hydrogens is 286 g/mol. The normalized spacial score (nSPS) is 17.2. The molecule has 1 aromatic carbocycles. The van der Waals surface area contributed by atoms with Crippen molar-refractivity contribution >= 4 is 5.69 Å². The van der Waals surface area contributed by atoms with Crippen LogP contribution in [0.3, 0.4) is 0 Å². The molecule has 0 radical (unpaired) electrons. The molecule has 1 fully saturated rings. The van der Waals surface area contributed by atoms with Crippen molar-refractivity contribution in [3.63, 3.8) is 0 Å². The second-order valence-electron chi connectivity index (χ2n) is 6.01. The largest absolute Gasteiger partial charge is 0.375 e. The van der Waals surface area contributed by atoms with E-state index in [0.717, 1.165) is 32.5 Å². The lowest BCUT2D eigenvalue weighted by Crippen LogP contribution is -2.43. The van der Waals surface area contributed by atoms with Crippen LogP contribution in [0.2, 0.25) is 0 Å². The van der Waals surface area contributed by atoms with Crippen LogP contribution in [-0.2, 0) is 4.74 Å². The Morgan fingerprint density at radius 2 is 1.83 bits per heavy atom. The van der Waals surface area contributed by atoms with E-state index >= 15 is 0 Å². The molecule has 1 atom stereocenters. The highest BCUT2D eigenvalue weighted by Gasteiger charge is 2.20. The fraction of sp³-hybridized carbons (Fsp3) is 0.421. The van der Waals surface area contributed by atoms with Gasteiger partial charge in [-0.25, -0.2) is 0 Å². The Labute approximate surface area is 138 Å². The molecule has 2 heterocycles. The van der Waals surface area contributed by atoms with Gasteiger partial charge < -0.3 is 15.0 Å². The van der Waals surface area contributed by atoms with E-state index in [-0.39, 0.29) is 6.10 Å². The number of hydrogen-bond donors (Lipinski definition) is 1. The fourth-order valence-corrected chi connectivity index (χ4v) is 3.18. The van der Waals surface area contributed by atoms with E-state index in [9.17, 15) is 0 Å². The van der Waals surface area contributed by atoms with Crippen molar-refractivity contribution in [2.45, 2.75) is 25.0 Å². The van der Waals surface area contributed by atoms with Crippen molar-refractivity contribution < 1.29 is 4.74 Å². The number of hydrogen-bond acceptors (Lipinski definition) is 4. The van der Waals surface area contributed by atoms with E-state index in [0.29, 0.717) is 6.04 Å². The maximum Gasteiger partial charge on any atom is 0.0945 e. The van der Waals surface area contributed by atoms with Gasteiger partial charge in [0.15, 0.2) is 0 Å². The van der Waals surface area contributed by atoms with Gasteiger partial charge in [0.1, 0.15) is 0 Å². The van der Waals surface area contributed by atoms with Gasteiger partial charge in [-0.05, 0) is 30.5 Å². The van der Waals surface area contributed by atoms with Gasteiger partial charge in [-0.15, -0.1) is 0 Å². The number of piperidine rings is 1. The molecule has 1 N–H and O–H groups in total. The molecule has 0 saturated carbocycles. The van der Waals surface area contributed by atoms with Crippen LogP contribution in [0.1, 0.15) is 24.5 Å². The lowest BCUT2D eigenvalue weighted by atomic mass is 10.0. The van der Waals surface area contributed by atoms with Crippen LogP contribution >= 0.6 is 0 Å². The summed E-state index contributed by atoms with van der Waals surface area (Å²) in [6.07, 6.45) is 6.17. The smallest absolute Gasteiger partial charge is 0.0945 e. The summed E-state index contributed by atoms with van der Waals surface area (Å²) in [6, 6.07) is 15.2. The summed E-state index contributed by atoms with van der Waals surface area (Å²) >= 11 is 0. The standard InChI is InChI=1S/C19H25N3O/c1-23-19(16-5-3-2-4-6-16)15-21-17-9-13-22(14-10-17)18-7-11-20-12-8-18/h2-8,11-12,17,19,21H,9-10,13-15H2,1H3/t19-/m1/s1.